The van der Waals surface area contributed by atoms with Crippen molar-refractivity contribution < 1.29 is 9.47 Å². The van der Waals surface area contributed by atoms with Crippen molar-refractivity contribution in [1.29, 1.82) is 0 Å². The van der Waals surface area contributed by atoms with Crippen LogP contribution in [0.5, 0.6) is 11.5 Å². The zero-order valence-corrected chi connectivity index (χ0v) is 28.2. The van der Waals surface area contributed by atoms with Crippen molar-refractivity contribution in [3.05, 3.63) is 119 Å². The molecule has 42 heavy (non-hydrogen) atoms. The highest BCUT2D eigenvalue weighted by atomic mass is 79.9. The Morgan fingerprint density at radius 2 is 1.69 bits per heavy atom. The van der Waals surface area contributed by atoms with Crippen molar-refractivity contribution >= 4 is 64.9 Å². The molecule has 0 N–H and O–H groups in total. The molecule has 1 aromatic heterocycles. The number of halogens is 3. The van der Waals surface area contributed by atoms with Crippen LogP contribution in [0.15, 0.2) is 96.1 Å². The van der Waals surface area contributed by atoms with Gasteiger partial charge in [0.2, 0.25) is 0 Å². The first kappa shape index (κ1) is 30.2. The van der Waals surface area contributed by atoms with Crippen molar-refractivity contribution in [2.75, 3.05) is 7.11 Å². The maximum Gasteiger partial charge on any atom is 0.282 e. The third kappa shape index (κ3) is 6.38. The molecule has 0 aliphatic heterocycles. The Kier molecular flexibility index (Phi) is 9.30. The number of para-hydroxylation sites is 1. The van der Waals surface area contributed by atoms with Crippen LogP contribution in [0.2, 0.25) is 0 Å². The molecule has 0 aliphatic rings. The molecule has 0 unspecified atom stereocenters. The van der Waals surface area contributed by atoms with Gasteiger partial charge < -0.3 is 9.47 Å². The van der Waals surface area contributed by atoms with Crippen LogP contribution in [0, 0.1) is 6.92 Å². The first-order valence-electron chi connectivity index (χ1n) is 13.3. The zero-order chi connectivity index (χ0) is 30.0. The quantitative estimate of drug-likeness (QED) is 0.148. The first-order valence-corrected chi connectivity index (χ1v) is 15.7. The molecule has 0 spiro atoms. The molecule has 1 heterocycles. The lowest BCUT2D eigenvalue weighted by Crippen LogP contribution is -2.21. The summed E-state index contributed by atoms with van der Waals surface area (Å²) in [5.41, 5.74) is 4.81. The molecule has 4 aromatic carbocycles. The van der Waals surface area contributed by atoms with Crippen molar-refractivity contribution in [1.82, 2.24) is 9.66 Å². The van der Waals surface area contributed by atoms with E-state index in [2.05, 4.69) is 61.6 Å². The Morgan fingerprint density at radius 3 is 2.43 bits per heavy atom. The molecular formula is C33H28Br3N3O3. The minimum atomic E-state index is -0.260. The van der Waals surface area contributed by atoms with Gasteiger partial charge in [-0.3, -0.25) is 4.79 Å². The standard InChI is InChI=1S/C33H28Br3N3O3/c1-19(2)26-16-27(20(3)13-31(26)41-4)32-38-29-8-6-5-7-25(29)33(40)39(32)37-17-22-14-23(34)11-12-30(22)42-18-21-9-10-24(35)15-28(21)36/h5-17,19H,18H2,1-4H3. The van der Waals surface area contributed by atoms with E-state index in [-0.39, 0.29) is 11.5 Å². The van der Waals surface area contributed by atoms with Crippen LogP contribution in [0.25, 0.3) is 22.3 Å². The van der Waals surface area contributed by atoms with E-state index in [9.17, 15) is 4.79 Å². The molecule has 0 saturated carbocycles. The van der Waals surface area contributed by atoms with E-state index in [1.54, 1.807) is 19.4 Å². The van der Waals surface area contributed by atoms with Gasteiger partial charge in [0.1, 0.15) is 18.1 Å². The normalized spacial score (nSPS) is 11.5. The Morgan fingerprint density at radius 1 is 0.952 bits per heavy atom. The van der Waals surface area contributed by atoms with Gasteiger partial charge in [-0.25, -0.2) is 4.98 Å². The number of nitrogens with zero attached hydrogens (tertiary/aromatic N) is 3. The van der Waals surface area contributed by atoms with Gasteiger partial charge >= 0.3 is 0 Å². The average molecular weight is 754 g/mol. The van der Waals surface area contributed by atoms with E-state index in [0.717, 1.165) is 41.4 Å². The summed E-state index contributed by atoms with van der Waals surface area (Å²) >= 11 is 10.6. The summed E-state index contributed by atoms with van der Waals surface area (Å²) in [4.78, 5) is 18.8. The maximum absolute atomic E-state index is 13.9. The predicted octanol–water partition coefficient (Wildman–Crippen LogP) is 9.25. The van der Waals surface area contributed by atoms with Crippen LogP contribution in [0.3, 0.4) is 0 Å². The summed E-state index contributed by atoms with van der Waals surface area (Å²) < 4.78 is 16.0. The fourth-order valence-electron chi connectivity index (χ4n) is 4.64. The van der Waals surface area contributed by atoms with Gasteiger partial charge in [-0.1, -0.05) is 79.8 Å². The van der Waals surface area contributed by atoms with Crippen molar-refractivity contribution in [3.8, 4) is 22.9 Å². The summed E-state index contributed by atoms with van der Waals surface area (Å²) in [6.45, 7) is 6.55. The SMILES string of the molecule is COc1cc(C)c(-c2nc3ccccc3c(=O)n2N=Cc2cc(Br)ccc2OCc2ccc(Br)cc2Br)cc1C(C)C. The minimum Gasteiger partial charge on any atom is -0.496 e. The molecule has 9 heteroatoms. The first-order chi connectivity index (χ1) is 20.2. The van der Waals surface area contributed by atoms with E-state index in [0.29, 0.717) is 34.6 Å². The molecule has 214 valence electrons. The van der Waals surface area contributed by atoms with E-state index >= 15 is 0 Å². The molecule has 6 nitrogen and oxygen atoms in total. The van der Waals surface area contributed by atoms with Crippen LogP contribution in [0.4, 0.5) is 0 Å². The smallest absolute Gasteiger partial charge is 0.282 e. The number of rotatable bonds is 8. The average Bonchev–Trinajstić information content (AvgIpc) is 2.96. The number of fused-ring (bicyclic) bond motifs is 1. The molecular weight excluding hydrogens is 726 g/mol. The van der Waals surface area contributed by atoms with E-state index in [4.69, 9.17) is 19.6 Å². The monoisotopic (exact) mass is 751 g/mol. The second-order valence-electron chi connectivity index (χ2n) is 10.1. The van der Waals surface area contributed by atoms with Crippen LogP contribution < -0.4 is 15.0 Å². The van der Waals surface area contributed by atoms with Gasteiger partial charge in [-0.15, -0.1) is 0 Å². The second kappa shape index (κ2) is 12.9. The van der Waals surface area contributed by atoms with Gasteiger partial charge in [0.15, 0.2) is 5.82 Å². The van der Waals surface area contributed by atoms with Crippen LogP contribution in [0.1, 0.15) is 42.0 Å². The number of hydrogen-bond acceptors (Lipinski definition) is 5. The van der Waals surface area contributed by atoms with E-state index in [1.165, 1.54) is 4.68 Å². The molecule has 5 aromatic rings. The number of benzene rings is 4. The summed E-state index contributed by atoms with van der Waals surface area (Å²) in [5.74, 6) is 2.09. The van der Waals surface area contributed by atoms with Crippen LogP contribution in [-0.4, -0.2) is 23.0 Å². The Labute approximate surface area is 269 Å². The minimum absolute atomic E-state index is 0.204. The van der Waals surface area contributed by atoms with Crippen LogP contribution in [-0.2, 0) is 6.61 Å². The number of methoxy groups -OCH3 is 1. The highest BCUT2D eigenvalue weighted by molar-refractivity contribution is 9.11. The molecule has 0 amide bonds. The fraction of sp³-hybridized carbons (Fsp3) is 0.182. The highest BCUT2D eigenvalue weighted by Crippen LogP contribution is 2.34. The Hall–Kier alpha value is -3.27. The van der Waals surface area contributed by atoms with Crippen molar-refractivity contribution in [2.24, 2.45) is 5.10 Å². The fourth-order valence-corrected chi connectivity index (χ4v) is 6.18. The molecule has 0 saturated heterocycles. The van der Waals surface area contributed by atoms with Crippen molar-refractivity contribution in [3.63, 3.8) is 0 Å². The highest BCUT2D eigenvalue weighted by Gasteiger charge is 2.18. The van der Waals surface area contributed by atoms with Gasteiger partial charge in [0, 0.05) is 30.1 Å². The van der Waals surface area contributed by atoms with E-state index < -0.39 is 0 Å². The molecule has 0 atom stereocenters. The Balaban J connectivity index is 1.63. The van der Waals surface area contributed by atoms with Gasteiger partial charge in [-0.05, 0) is 78.6 Å². The molecule has 0 fully saturated rings. The number of hydrogen-bond donors (Lipinski definition) is 0. The topological polar surface area (TPSA) is 65.7 Å². The van der Waals surface area contributed by atoms with Gasteiger partial charge in [0.05, 0.1) is 24.2 Å². The molecule has 5 rings (SSSR count). The lowest BCUT2D eigenvalue weighted by Gasteiger charge is -2.17. The molecule has 0 bridgehead atoms. The lowest BCUT2D eigenvalue weighted by atomic mass is 9.96. The third-order valence-corrected chi connectivity index (χ3v) is 8.60. The lowest BCUT2D eigenvalue weighted by molar-refractivity contribution is 0.305. The third-order valence-electron chi connectivity index (χ3n) is 6.88. The maximum atomic E-state index is 13.9. The summed E-state index contributed by atoms with van der Waals surface area (Å²) in [7, 11) is 1.67. The molecule has 0 radical (unpaired) electrons. The zero-order valence-electron chi connectivity index (χ0n) is 23.5. The largest absolute Gasteiger partial charge is 0.496 e. The van der Waals surface area contributed by atoms with Crippen LogP contribution >= 0.6 is 47.8 Å². The van der Waals surface area contributed by atoms with E-state index in [1.807, 2.05) is 73.7 Å². The summed E-state index contributed by atoms with van der Waals surface area (Å²) in [6, 6.07) is 23.0. The summed E-state index contributed by atoms with van der Waals surface area (Å²) in [5, 5.41) is 5.20. The predicted molar refractivity (Wildman–Crippen MR) is 180 cm³/mol. The Bertz CT molecular complexity index is 1880. The second-order valence-corrected chi connectivity index (χ2v) is 12.8. The number of ether oxygens (including phenoxy) is 2. The number of aromatic nitrogens is 2. The van der Waals surface area contributed by atoms with Gasteiger partial charge in [0.25, 0.3) is 5.56 Å². The number of aryl methyl sites for hydroxylation is 1. The molecule has 0 aliphatic carbocycles. The van der Waals surface area contributed by atoms with Gasteiger partial charge in [-0.2, -0.15) is 9.78 Å². The van der Waals surface area contributed by atoms with Crippen molar-refractivity contribution in [2.45, 2.75) is 33.3 Å². The summed E-state index contributed by atoms with van der Waals surface area (Å²) in [6.07, 6.45) is 1.64.